The fourth-order valence-electron chi connectivity index (χ4n) is 3.39. The molecule has 0 aromatic heterocycles. The molecular weight excluding hydrogens is 390 g/mol. The maximum atomic E-state index is 13.0. The van der Waals surface area contributed by atoms with Gasteiger partial charge >= 0.3 is 0 Å². The summed E-state index contributed by atoms with van der Waals surface area (Å²) in [6.45, 7) is 2.79. The van der Waals surface area contributed by atoms with E-state index in [0.29, 0.717) is 37.1 Å². The Kier molecular flexibility index (Phi) is 6.34. The molecule has 3 N–H and O–H groups in total. The molecule has 7 nitrogen and oxygen atoms in total. The summed E-state index contributed by atoms with van der Waals surface area (Å²) in [7, 11) is -3.76. The summed E-state index contributed by atoms with van der Waals surface area (Å²) in [6.07, 6.45) is 1.05. The van der Waals surface area contributed by atoms with Crippen LogP contribution in [0.5, 0.6) is 0 Å². The molecule has 1 saturated heterocycles. The number of piperidine rings is 1. The van der Waals surface area contributed by atoms with E-state index in [-0.39, 0.29) is 29.2 Å². The maximum absolute atomic E-state index is 13.0. The molecule has 1 aliphatic heterocycles. The Bertz CT molecular complexity index is 998. The van der Waals surface area contributed by atoms with Gasteiger partial charge in [-0.2, -0.15) is 0 Å². The lowest BCUT2D eigenvalue weighted by molar-refractivity contribution is -0.123. The van der Waals surface area contributed by atoms with Crippen molar-refractivity contribution >= 4 is 21.8 Å². The van der Waals surface area contributed by atoms with Gasteiger partial charge in [-0.15, -0.1) is 0 Å². The third-order valence-electron chi connectivity index (χ3n) is 5.24. The number of benzene rings is 2. The third-order valence-corrected chi connectivity index (χ3v) is 6.64. The van der Waals surface area contributed by atoms with Crippen LogP contribution in [0.3, 0.4) is 0 Å². The van der Waals surface area contributed by atoms with Gasteiger partial charge in [-0.1, -0.05) is 36.4 Å². The molecule has 2 aromatic carbocycles. The first-order valence-corrected chi connectivity index (χ1v) is 11.0. The van der Waals surface area contributed by atoms with Crippen LogP contribution in [0.4, 0.5) is 0 Å². The average Bonchev–Trinajstić information content (AvgIpc) is 2.73. The van der Waals surface area contributed by atoms with Crippen molar-refractivity contribution in [3.8, 4) is 0 Å². The van der Waals surface area contributed by atoms with E-state index in [0.717, 1.165) is 5.56 Å². The summed E-state index contributed by atoms with van der Waals surface area (Å²) in [5.41, 5.74) is 7.25. The van der Waals surface area contributed by atoms with Crippen LogP contribution < -0.4 is 10.5 Å². The van der Waals surface area contributed by atoms with Gasteiger partial charge in [0.05, 0.1) is 4.90 Å². The number of hydrogen-bond donors (Lipinski definition) is 2. The Morgan fingerprint density at radius 2 is 1.76 bits per heavy atom. The van der Waals surface area contributed by atoms with Gasteiger partial charge in [-0.25, -0.2) is 13.1 Å². The minimum absolute atomic E-state index is 0.0504. The summed E-state index contributed by atoms with van der Waals surface area (Å²) < 4.78 is 28.0. The first kappa shape index (κ1) is 21.0. The molecule has 0 atom stereocenters. The van der Waals surface area contributed by atoms with Crippen LogP contribution in [0.1, 0.15) is 34.3 Å². The van der Waals surface area contributed by atoms with Gasteiger partial charge in [-0.3, -0.25) is 9.59 Å². The lowest BCUT2D eigenvalue weighted by Crippen LogP contribution is -2.42. The molecule has 1 fully saturated rings. The Morgan fingerprint density at radius 1 is 1.10 bits per heavy atom. The van der Waals surface area contributed by atoms with Gasteiger partial charge < -0.3 is 10.6 Å². The maximum Gasteiger partial charge on any atom is 0.254 e. The summed E-state index contributed by atoms with van der Waals surface area (Å²) >= 11 is 0. The van der Waals surface area contributed by atoms with Crippen molar-refractivity contribution in [2.45, 2.75) is 31.2 Å². The third kappa shape index (κ3) is 5.02. The van der Waals surface area contributed by atoms with E-state index in [2.05, 4.69) is 4.72 Å². The summed E-state index contributed by atoms with van der Waals surface area (Å²) in [6, 6.07) is 13.8. The van der Waals surface area contributed by atoms with Crippen molar-refractivity contribution in [1.82, 2.24) is 9.62 Å². The van der Waals surface area contributed by atoms with E-state index in [4.69, 9.17) is 5.73 Å². The molecule has 3 rings (SSSR count). The number of amides is 2. The highest BCUT2D eigenvalue weighted by Gasteiger charge is 2.28. The zero-order valence-corrected chi connectivity index (χ0v) is 17.1. The fraction of sp³-hybridized carbons (Fsp3) is 0.333. The molecule has 0 aliphatic carbocycles. The molecule has 0 spiro atoms. The van der Waals surface area contributed by atoms with E-state index in [1.807, 2.05) is 30.3 Å². The van der Waals surface area contributed by atoms with Gasteiger partial charge in [0.25, 0.3) is 5.91 Å². The van der Waals surface area contributed by atoms with E-state index in [1.54, 1.807) is 17.9 Å². The van der Waals surface area contributed by atoms with Crippen LogP contribution in [-0.4, -0.2) is 38.2 Å². The first-order valence-electron chi connectivity index (χ1n) is 9.51. The van der Waals surface area contributed by atoms with Gasteiger partial charge in [0.2, 0.25) is 15.9 Å². The minimum Gasteiger partial charge on any atom is -0.369 e. The number of aryl methyl sites for hydroxylation is 1. The second-order valence-electron chi connectivity index (χ2n) is 7.26. The number of hydrogen-bond acceptors (Lipinski definition) is 4. The summed E-state index contributed by atoms with van der Waals surface area (Å²) in [5, 5.41) is 0. The van der Waals surface area contributed by atoms with Crippen LogP contribution >= 0.6 is 0 Å². The number of nitrogens with two attached hydrogens (primary N) is 1. The van der Waals surface area contributed by atoms with Crippen molar-refractivity contribution in [1.29, 1.82) is 0 Å². The molecule has 29 heavy (non-hydrogen) atoms. The van der Waals surface area contributed by atoms with Gasteiger partial charge in [0, 0.05) is 31.1 Å². The van der Waals surface area contributed by atoms with E-state index >= 15 is 0 Å². The highest BCUT2D eigenvalue weighted by molar-refractivity contribution is 7.89. The molecule has 0 unspecified atom stereocenters. The molecule has 2 aromatic rings. The van der Waals surface area contributed by atoms with Crippen LogP contribution in [0.15, 0.2) is 53.4 Å². The lowest BCUT2D eigenvalue weighted by Gasteiger charge is -2.31. The molecule has 8 heteroatoms. The number of nitrogens with one attached hydrogen (secondary N) is 1. The highest BCUT2D eigenvalue weighted by Crippen LogP contribution is 2.22. The standard InChI is InChI=1S/C21H25N3O4S/c1-15-7-8-18(29(27,28)23-14-16-5-3-2-4-6-16)13-19(15)21(26)24-11-9-17(10-12-24)20(22)25/h2-8,13,17,23H,9-12,14H2,1H3,(H2,22,25). The highest BCUT2D eigenvalue weighted by atomic mass is 32.2. The van der Waals surface area contributed by atoms with Gasteiger partial charge in [0.15, 0.2) is 0 Å². The number of nitrogens with zero attached hydrogens (tertiary/aromatic N) is 1. The van der Waals surface area contributed by atoms with Crippen molar-refractivity contribution in [2.75, 3.05) is 13.1 Å². The average molecular weight is 416 g/mol. The quantitative estimate of drug-likeness (QED) is 0.750. The smallest absolute Gasteiger partial charge is 0.254 e. The van der Waals surface area contributed by atoms with E-state index in [9.17, 15) is 18.0 Å². The number of primary amides is 1. The zero-order valence-electron chi connectivity index (χ0n) is 16.3. The number of carbonyl (C=O) groups excluding carboxylic acids is 2. The number of rotatable bonds is 6. The monoisotopic (exact) mass is 415 g/mol. The summed E-state index contributed by atoms with van der Waals surface area (Å²) in [5.74, 6) is -0.787. The minimum atomic E-state index is -3.76. The molecule has 0 radical (unpaired) electrons. The lowest BCUT2D eigenvalue weighted by atomic mass is 9.95. The largest absolute Gasteiger partial charge is 0.369 e. The van der Waals surface area contributed by atoms with Crippen LogP contribution in [0.25, 0.3) is 0 Å². The Labute approximate surface area is 171 Å². The molecular formula is C21H25N3O4S. The second-order valence-corrected chi connectivity index (χ2v) is 9.02. The van der Waals surface area contributed by atoms with Crippen molar-refractivity contribution in [2.24, 2.45) is 11.7 Å². The number of carbonyl (C=O) groups is 2. The zero-order chi connectivity index (χ0) is 21.0. The normalized spacial score (nSPS) is 15.3. The SMILES string of the molecule is Cc1ccc(S(=O)(=O)NCc2ccccc2)cc1C(=O)N1CCC(C(N)=O)CC1. The predicted octanol–water partition coefficient (Wildman–Crippen LogP) is 1.81. The number of sulfonamides is 1. The molecule has 154 valence electrons. The Hall–Kier alpha value is -2.71. The molecule has 2 amide bonds. The van der Waals surface area contributed by atoms with Crippen molar-refractivity contribution in [3.05, 3.63) is 65.2 Å². The van der Waals surface area contributed by atoms with Crippen LogP contribution in [-0.2, 0) is 21.4 Å². The van der Waals surface area contributed by atoms with Crippen molar-refractivity contribution in [3.63, 3.8) is 0 Å². The first-order chi connectivity index (χ1) is 13.8. The van der Waals surface area contributed by atoms with Crippen LogP contribution in [0.2, 0.25) is 0 Å². The molecule has 0 bridgehead atoms. The van der Waals surface area contributed by atoms with Crippen LogP contribution in [0, 0.1) is 12.8 Å². The topological polar surface area (TPSA) is 110 Å². The molecule has 0 saturated carbocycles. The fourth-order valence-corrected chi connectivity index (χ4v) is 4.44. The Balaban J connectivity index is 1.75. The predicted molar refractivity (Wildman–Crippen MR) is 109 cm³/mol. The number of likely N-dealkylation sites (tertiary alicyclic amines) is 1. The van der Waals surface area contributed by atoms with Gasteiger partial charge in [0.1, 0.15) is 0 Å². The van der Waals surface area contributed by atoms with Crippen molar-refractivity contribution < 1.29 is 18.0 Å². The van der Waals surface area contributed by atoms with Gasteiger partial charge in [-0.05, 0) is 43.0 Å². The Morgan fingerprint density at radius 3 is 2.38 bits per heavy atom. The second kappa shape index (κ2) is 8.75. The van der Waals surface area contributed by atoms with E-state index in [1.165, 1.54) is 12.1 Å². The molecule has 1 heterocycles. The van der Waals surface area contributed by atoms with E-state index < -0.39 is 10.0 Å². The molecule has 1 aliphatic rings. The summed E-state index contributed by atoms with van der Waals surface area (Å²) in [4.78, 5) is 26.0.